The van der Waals surface area contributed by atoms with Crippen molar-refractivity contribution in [3.63, 3.8) is 0 Å². The summed E-state index contributed by atoms with van der Waals surface area (Å²) in [6.07, 6.45) is 4.46. The highest BCUT2D eigenvalue weighted by molar-refractivity contribution is 7.89. The van der Waals surface area contributed by atoms with Crippen LogP contribution in [0, 0.1) is 5.92 Å². The fourth-order valence-corrected chi connectivity index (χ4v) is 4.85. The van der Waals surface area contributed by atoms with Gasteiger partial charge in [0.2, 0.25) is 15.9 Å². The van der Waals surface area contributed by atoms with Crippen molar-refractivity contribution in [2.24, 2.45) is 11.0 Å². The minimum atomic E-state index is -3.57. The Morgan fingerprint density at radius 1 is 1.11 bits per heavy atom. The molecule has 0 saturated heterocycles. The summed E-state index contributed by atoms with van der Waals surface area (Å²) >= 11 is 5.82. The highest BCUT2D eigenvalue weighted by Crippen LogP contribution is 2.31. The summed E-state index contributed by atoms with van der Waals surface area (Å²) in [5.41, 5.74) is 3.09. The molecule has 2 aliphatic rings. The molecule has 1 heterocycles. The predicted molar refractivity (Wildman–Crippen MR) is 109 cm³/mol. The Morgan fingerprint density at radius 3 is 2.61 bits per heavy atom. The second-order valence-electron chi connectivity index (χ2n) is 7.08. The van der Waals surface area contributed by atoms with Gasteiger partial charge in [0.05, 0.1) is 10.6 Å². The Hall–Kier alpha value is -2.22. The Bertz CT molecular complexity index is 1040. The van der Waals surface area contributed by atoms with Crippen LogP contribution in [0.1, 0.15) is 24.0 Å². The molecule has 2 aromatic rings. The van der Waals surface area contributed by atoms with Crippen LogP contribution in [0.5, 0.6) is 0 Å². The number of nitrogens with zero attached hydrogens (tertiary/aromatic N) is 2. The summed E-state index contributed by atoms with van der Waals surface area (Å²) in [5.74, 6) is 0.167. The molecule has 0 saturated carbocycles. The number of hydrazone groups is 1. The van der Waals surface area contributed by atoms with Crippen molar-refractivity contribution >= 4 is 39.4 Å². The number of fused-ring (bicyclic) bond motifs is 1. The van der Waals surface area contributed by atoms with Gasteiger partial charge < -0.3 is 0 Å². The minimum Gasteiger partial charge on any atom is -0.273 e. The molecule has 28 heavy (non-hydrogen) atoms. The van der Waals surface area contributed by atoms with Crippen molar-refractivity contribution < 1.29 is 13.2 Å². The molecule has 0 bridgehead atoms. The fourth-order valence-electron chi connectivity index (χ4n) is 3.60. The lowest BCUT2D eigenvalue weighted by Gasteiger charge is -2.20. The number of benzene rings is 2. The molecule has 2 aromatic carbocycles. The number of carbonyl (C=O) groups excluding carboxylic acids is 1. The van der Waals surface area contributed by atoms with E-state index in [2.05, 4.69) is 9.82 Å². The molecule has 1 atom stereocenters. The van der Waals surface area contributed by atoms with Gasteiger partial charge in [0, 0.05) is 24.2 Å². The molecule has 0 spiro atoms. The first-order valence-corrected chi connectivity index (χ1v) is 11.0. The maximum Gasteiger partial charge on any atom is 0.247 e. The van der Waals surface area contributed by atoms with Gasteiger partial charge in [-0.15, -0.1) is 0 Å². The highest BCUT2D eigenvalue weighted by Gasteiger charge is 2.26. The molecule has 6 nitrogen and oxygen atoms in total. The number of hydrogen-bond donors (Lipinski definition) is 1. The summed E-state index contributed by atoms with van der Waals surface area (Å²) in [7, 11) is -3.57. The van der Waals surface area contributed by atoms with Gasteiger partial charge in [-0.1, -0.05) is 17.7 Å². The number of carbonyl (C=O) groups is 1. The summed E-state index contributed by atoms with van der Waals surface area (Å²) in [6, 6.07) is 12.0. The number of rotatable bonds is 5. The van der Waals surface area contributed by atoms with Gasteiger partial charge in [-0.3, -0.25) is 4.79 Å². The second kappa shape index (κ2) is 7.66. The molecule has 1 aliphatic carbocycles. The smallest absolute Gasteiger partial charge is 0.247 e. The molecular weight excluding hydrogens is 398 g/mol. The van der Waals surface area contributed by atoms with Crippen LogP contribution in [0.2, 0.25) is 5.02 Å². The summed E-state index contributed by atoms with van der Waals surface area (Å²) < 4.78 is 27.6. The first-order valence-electron chi connectivity index (χ1n) is 9.15. The Labute approximate surface area is 169 Å². The van der Waals surface area contributed by atoms with Crippen LogP contribution in [0.15, 0.2) is 52.5 Å². The van der Waals surface area contributed by atoms with E-state index in [0.717, 1.165) is 24.1 Å². The Balaban J connectivity index is 1.42. The van der Waals surface area contributed by atoms with Crippen molar-refractivity contribution in [1.29, 1.82) is 0 Å². The molecule has 1 N–H and O–H groups in total. The quantitative estimate of drug-likeness (QED) is 0.811. The van der Waals surface area contributed by atoms with Crippen LogP contribution < -0.4 is 9.73 Å². The van der Waals surface area contributed by atoms with E-state index in [-0.39, 0.29) is 16.7 Å². The van der Waals surface area contributed by atoms with E-state index in [1.165, 1.54) is 22.7 Å². The summed E-state index contributed by atoms with van der Waals surface area (Å²) in [6.45, 7) is 0.357. The zero-order valence-corrected chi connectivity index (χ0v) is 16.7. The van der Waals surface area contributed by atoms with Crippen LogP contribution >= 0.6 is 11.6 Å². The topological polar surface area (TPSA) is 78.8 Å². The van der Waals surface area contributed by atoms with Crippen LogP contribution in [0.3, 0.4) is 0 Å². The lowest BCUT2D eigenvalue weighted by atomic mass is 10.1. The van der Waals surface area contributed by atoms with Gasteiger partial charge in [-0.05, 0) is 72.7 Å². The summed E-state index contributed by atoms with van der Waals surface area (Å²) in [5, 5.41) is 6.13. The van der Waals surface area contributed by atoms with Gasteiger partial charge in [0.25, 0.3) is 0 Å². The first kappa shape index (κ1) is 19.1. The predicted octanol–water partition coefficient (Wildman–Crippen LogP) is 3.15. The number of anilines is 1. The normalized spacial score (nSPS) is 19.1. The van der Waals surface area contributed by atoms with E-state index in [9.17, 15) is 13.2 Å². The molecule has 0 fully saturated rings. The zero-order chi connectivity index (χ0) is 19.7. The third-order valence-corrected chi connectivity index (χ3v) is 6.75. The van der Waals surface area contributed by atoms with Crippen LogP contribution in [-0.2, 0) is 27.7 Å². The minimum absolute atomic E-state index is 0.00674. The van der Waals surface area contributed by atoms with Crippen molar-refractivity contribution in [3.05, 3.63) is 58.6 Å². The van der Waals surface area contributed by atoms with E-state index < -0.39 is 10.0 Å². The first-order chi connectivity index (χ1) is 13.4. The molecule has 4 rings (SSSR count). The van der Waals surface area contributed by atoms with Crippen molar-refractivity contribution in [2.45, 2.75) is 30.6 Å². The molecule has 1 unspecified atom stereocenters. The number of sulfonamides is 1. The van der Waals surface area contributed by atoms with E-state index in [4.69, 9.17) is 11.6 Å². The van der Waals surface area contributed by atoms with Crippen molar-refractivity contribution in [3.8, 4) is 0 Å². The molecule has 1 amide bonds. The third-order valence-electron chi connectivity index (χ3n) is 5.06. The van der Waals surface area contributed by atoms with Gasteiger partial charge >= 0.3 is 0 Å². The van der Waals surface area contributed by atoms with E-state index in [0.29, 0.717) is 24.4 Å². The van der Waals surface area contributed by atoms with Gasteiger partial charge in [0.1, 0.15) is 0 Å². The third kappa shape index (κ3) is 3.97. The molecule has 146 valence electrons. The maximum atomic E-state index is 12.5. The number of halogens is 1. The molecule has 1 aliphatic heterocycles. The Kier molecular flexibility index (Phi) is 5.23. The van der Waals surface area contributed by atoms with Crippen LogP contribution in [0.25, 0.3) is 0 Å². The average molecular weight is 418 g/mol. The lowest BCUT2D eigenvalue weighted by Crippen LogP contribution is -2.29. The van der Waals surface area contributed by atoms with E-state index in [1.54, 1.807) is 18.3 Å². The highest BCUT2D eigenvalue weighted by atomic mass is 35.5. The van der Waals surface area contributed by atoms with Crippen molar-refractivity contribution in [2.75, 3.05) is 11.6 Å². The molecule has 8 heteroatoms. The molecule has 0 radical (unpaired) electrons. The van der Waals surface area contributed by atoms with Crippen LogP contribution in [-0.4, -0.2) is 27.1 Å². The number of amides is 1. The molecular formula is C20H20ClN3O3S. The monoisotopic (exact) mass is 417 g/mol. The van der Waals surface area contributed by atoms with Crippen molar-refractivity contribution in [1.82, 2.24) is 4.72 Å². The summed E-state index contributed by atoms with van der Waals surface area (Å²) in [4.78, 5) is 12.3. The van der Waals surface area contributed by atoms with E-state index in [1.807, 2.05) is 18.2 Å². The largest absolute Gasteiger partial charge is 0.273 e. The molecule has 0 aromatic heterocycles. The van der Waals surface area contributed by atoms with Gasteiger partial charge in [-0.25, -0.2) is 18.1 Å². The Morgan fingerprint density at radius 2 is 1.86 bits per heavy atom. The SMILES string of the molecule is O=C1CCC=NN1c1ccc2c(c1)CC(CNS(=O)(=O)c1ccc(Cl)cc1)C2. The second-order valence-corrected chi connectivity index (χ2v) is 9.28. The standard InChI is InChI=1S/C20H20ClN3O3S/c21-17-4-7-19(8-5-17)28(26,27)23-13-14-10-15-3-6-18(12-16(15)11-14)24-20(25)2-1-9-22-24/h3-9,12,14,23H,1-2,10-11,13H2. The maximum absolute atomic E-state index is 12.5. The lowest BCUT2D eigenvalue weighted by molar-refractivity contribution is -0.118. The van der Waals surface area contributed by atoms with E-state index >= 15 is 0 Å². The average Bonchev–Trinajstić information content (AvgIpc) is 3.09. The fraction of sp³-hybridized carbons (Fsp3) is 0.300. The number of hydrogen-bond acceptors (Lipinski definition) is 4. The van der Waals surface area contributed by atoms with Crippen LogP contribution in [0.4, 0.5) is 5.69 Å². The van der Waals surface area contributed by atoms with Gasteiger partial charge in [0.15, 0.2) is 0 Å². The number of nitrogens with one attached hydrogen (secondary N) is 1. The van der Waals surface area contributed by atoms with Gasteiger partial charge in [-0.2, -0.15) is 5.10 Å². The zero-order valence-electron chi connectivity index (χ0n) is 15.1.